The monoisotopic (exact) mass is 158 g/mol. The fourth-order valence-corrected chi connectivity index (χ4v) is 1.44. The molecule has 1 heterocycles. The van der Waals surface area contributed by atoms with Crippen LogP contribution in [0.2, 0.25) is 0 Å². The first-order valence-electron chi connectivity index (χ1n) is 4.26. The topological polar surface area (TPSA) is 29.5 Å². The van der Waals surface area contributed by atoms with E-state index in [-0.39, 0.29) is 12.7 Å². The number of rotatable bonds is 1. The van der Waals surface area contributed by atoms with E-state index in [2.05, 4.69) is 20.8 Å². The van der Waals surface area contributed by atoms with Crippen LogP contribution in [0, 0.1) is 11.3 Å². The zero-order valence-corrected chi connectivity index (χ0v) is 7.63. The predicted octanol–water partition coefficient (Wildman–Crippen LogP) is 1.43. The Balaban J connectivity index is 2.42. The highest BCUT2D eigenvalue weighted by atomic mass is 16.5. The summed E-state index contributed by atoms with van der Waals surface area (Å²) in [4.78, 5) is 0. The van der Waals surface area contributed by atoms with Crippen molar-refractivity contribution in [2.24, 2.45) is 11.3 Å². The third kappa shape index (κ3) is 2.17. The van der Waals surface area contributed by atoms with Crippen LogP contribution < -0.4 is 0 Å². The standard InChI is InChI=1S/C9H18O2/c1-9(2,3)7-4-8(5-10)11-6-7/h7-8,10H,4-6H2,1-3H3/t7-,8+/m1/s1. The molecule has 2 atom stereocenters. The zero-order chi connectivity index (χ0) is 8.48. The van der Waals surface area contributed by atoms with Crippen molar-refractivity contribution in [2.75, 3.05) is 13.2 Å². The van der Waals surface area contributed by atoms with Gasteiger partial charge in [0.15, 0.2) is 0 Å². The lowest BCUT2D eigenvalue weighted by Gasteiger charge is -2.25. The van der Waals surface area contributed by atoms with Crippen molar-refractivity contribution in [2.45, 2.75) is 33.3 Å². The minimum atomic E-state index is 0.0965. The van der Waals surface area contributed by atoms with Crippen molar-refractivity contribution in [1.82, 2.24) is 0 Å². The Morgan fingerprint density at radius 1 is 1.45 bits per heavy atom. The smallest absolute Gasteiger partial charge is 0.0809 e. The van der Waals surface area contributed by atoms with Gasteiger partial charge in [-0.1, -0.05) is 20.8 Å². The van der Waals surface area contributed by atoms with Crippen molar-refractivity contribution < 1.29 is 9.84 Å². The molecule has 0 saturated carbocycles. The molecular formula is C9H18O2. The highest BCUT2D eigenvalue weighted by molar-refractivity contribution is 4.81. The minimum Gasteiger partial charge on any atom is -0.394 e. The Morgan fingerprint density at radius 2 is 2.09 bits per heavy atom. The van der Waals surface area contributed by atoms with Crippen molar-refractivity contribution in [3.63, 3.8) is 0 Å². The molecule has 1 saturated heterocycles. The summed E-state index contributed by atoms with van der Waals surface area (Å²) in [6.07, 6.45) is 1.11. The second-order valence-corrected chi connectivity index (χ2v) is 4.44. The molecule has 66 valence electrons. The summed E-state index contributed by atoms with van der Waals surface area (Å²) in [6, 6.07) is 0. The SMILES string of the molecule is CC(C)(C)[C@H]1CO[C@H](CO)C1. The number of aliphatic hydroxyl groups is 1. The summed E-state index contributed by atoms with van der Waals surface area (Å²) >= 11 is 0. The Morgan fingerprint density at radius 3 is 2.36 bits per heavy atom. The van der Waals surface area contributed by atoms with Crippen LogP contribution in [0.15, 0.2) is 0 Å². The van der Waals surface area contributed by atoms with Crippen LogP contribution >= 0.6 is 0 Å². The first-order chi connectivity index (χ1) is 5.04. The summed E-state index contributed by atoms with van der Waals surface area (Å²) in [5.74, 6) is 0.611. The Hall–Kier alpha value is -0.0800. The molecule has 0 radical (unpaired) electrons. The highest BCUT2D eigenvalue weighted by Gasteiger charge is 2.33. The maximum Gasteiger partial charge on any atom is 0.0809 e. The maximum atomic E-state index is 8.82. The van der Waals surface area contributed by atoms with E-state index >= 15 is 0 Å². The van der Waals surface area contributed by atoms with E-state index in [1.165, 1.54) is 0 Å². The maximum absolute atomic E-state index is 8.82. The van der Waals surface area contributed by atoms with Gasteiger partial charge in [0.25, 0.3) is 0 Å². The fourth-order valence-electron chi connectivity index (χ4n) is 1.44. The van der Waals surface area contributed by atoms with Gasteiger partial charge in [-0.05, 0) is 17.8 Å². The average Bonchev–Trinajstić information content (AvgIpc) is 2.32. The molecule has 2 heteroatoms. The lowest BCUT2D eigenvalue weighted by molar-refractivity contribution is 0.0540. The van der Waals surface area contributed by atoms with Gasteiger partial charge < -0.3 is 9.84 Å². The van der Waals surface area contributed by atoms with E-state index in [1.807, 2.05) is 0 Å². The summed E-state index contributed by atoms with van der Waals surface area (Å²) in [5.41, 5.74) is 0.323. The Bertz CT molecular complexity index is 126. The number of hydrogen-bond donors (Lipinski definition) is 1. The summed E-state index contributed by atoms with van der Waals surface area (Å²) < 4.78 is 5.39. The second kappa shape index (κ2) is 3.11. The Labute approximate surface area is 68.6 Å². The predicted molar refractivity (Wildman–Crippen MR) is 44.4 cm³/mol. The van der Waals surface area contributed by atoms with E-state index in [4.69, 9.17) is 9.84 Å². The minimum absolute atomic E-state index is 0.0965. The third-order valence-corrected chi connectivity index (χ3v) is 2.51. The van der Waals surface area contributed by atoms with Gasteiger partial charge in [0.2, 0.25) is 0 Å². The van der Waals surface area contributed by atoms with Gasteiger partial charge in [-0.25, -0.2) is 0 Å². The largest absolute Gasteiger partial charge is 0.394 e. The van der Waals surface area contributed by atoms with Crippen LogP contribution in [0.5, 0.6) is 0 Å². The van der Waals surface area contributed by atoms with Crippen molar-refractivity contribution >= 4 is 0 Å². The molecule has 0 aromatic heterocycles. The summed E-state index contributed by atoms with van der Waals surface area (Å²) in [6.45, 7) is 7.66. The number of hydrogen-bond acceptors (Lipinski definition) is 2. The molecule has 0 aromatic rings. The number of ether oxygens (including phenoxy) is 1. The highest BCUT2D eigenvalue weighted by Crippen LogP contribution is 2.34. The van der Waals surface area contributed by atoms with Crippen LogP contribution in [-0.4, -0.2) is 24.4 Å². The molecule has 0 aromatic carbocycles. The molecule has 11 heavy (non-hydrogen) atoms. The molecule has 0 aliphatic carbocycles. The Kier molecular flexibility index (Phi) is 2.55. The van der Waals surface area contributed by atoms with Gasteiger partial charge in [-0.2, -0.15) is 0 Å². The van der Waals surface area contributed by atoms with Crippen LogP contribution in [0.25, 0.3) is 0 Å². The van der Waals surface area contributed by atoms with Gasteiger partial charge in [-0.15, -0.1) is 0 Å². The zero-order valence-electron chi connectivity index (χ0n) is 7.63. The fraction of sp³-hybridized carbons (Fsp3) is 1.00. The quantitative estimate of drug-likeness (QED) is 0.625. The van der Waals surface area contributed by atoms with Crippen LogP contribution in [0.4, 0.5) is 0 Å². The third-order valence-electron chi connectivity index (χ3n) is 2.51. The molecule has 0 amide bonds. The molecule has 0 unspecified atom stereocenters. The lowest BCUT2D eigenvalue weighted by atomic mass is 9.79. The summed E-state index contributed by atoms with van der Waals surface area (Å²) in [7, 11) is 0. The molecule has 1 aliphatic rings. The van der Waals surface area contributed by atoms with Crippen LogP contribution in [-0.2, 0) is 4.74 Å². The van der Waals surface area contributed by atoms with Gasteiger partial charge >= 0.3 is 0 Å². The molecule has 0 spiro atoms. The number of aliphatic hydroxyl groups excluding tert-OH is 1. The van der Waals surface area contributed by atoms with Crippen LogP contribution in [0.3, 0.4) is 0 Å². The molecule has 2 nitrogen and oxygen atoms in total. The molecule has 1 N–H and O–H groups in total. The van der Waals surface area contributed by atoms with E-state index in [1.54, 1.807) is 0 Å². The van der Waals surface area contributed by atoms with Gasteiger partial charge in [0.1, 0.15) is 0 Å². The van der Waals surface area contributed by atoms with Crippen molar-refractivity contribution in [3.05, 3.63) is 0 Å². The first kappa shape index (κ1) is 9.01. The molecule has 0 bridgehead atoms. The van der Waals surface area contributed by atoms with E-state index in [9.17, 15) is 0 Å². The molecular weight excluding hydrogens is 140 g/mol. The molecule has 1 aliphatic heterocycles. The van der Waals surface area contributed by atoms with Gasteiger partial charge in [-0.3, -0.25) is 0 Å². The van der Waals surface area contributed by atoms with Crippen LogP contribution in [0.1, 0.15) is 27.2 Å². The van der Waals surface area contributed by atoms with Crippen molar-refractivity contribution in [1.29, 1.82) is 0 Å². The normalized spacial score (nSPS) is 32.7. The molecule has 1 fully saturated rings. The van der Waals surface area contributed by atoms with Gasteiger partial charge in [0, 0.05) is 0 Å². The first-order valence-corrected chi connectivity index (χ1v) is 4.26. The van der Waals surface area contributed by atoms with Gasteiger partial charge in [0.05, 0.1) is 19.3 Å². The molecule has 1 rings (SSSR count). The van der Waals surface area contributed by atoms with E-state index in [0.29, 0.717) is 11.3 Å². The summed E-state index contributed by atoms with van der Waals surface area (Å²) in [5, 5.41) is 8.82. The lowest BCUT2D eigenvalue weighted by Crippen LogP contribution is -2.20. The van der Waals surface area contributed by atoms with E-state index < -0.39 is 0 Å². The van der Waals surface area contributed by atoms with Crippen molar-refractivity contribution in [3.8, 4) is 0 Å². The second-order valence-electron chi connectivity index (χ2n) is 4.44. The average molecular weight is 158 g/mol. The van der Waals surface area contributed by atoms with E-state index in [0.717, 1.165) is 13.0 Å².